The molecule has 0 aliphatic carbocycles. The number of carbonyl (C=O) groups excluding carboxylic acids is 2. The summed E-state index contributed by atoms with van der Waals surface area (Å²) in [5.74, 6) is -0.0632. The lowest BCUT2D eigenvalue weighted by Crippen LogP contribution is -2.53. The summed E-state index contributed by atoms with van der Waals surface area (Å²) >= 11 is 0. The molecule has 0 bridgehead atoms. The third kappa shape index (κ3) is 5.37. The highest BCUT2D eigenvalue weighted by Gasteiger charge is 2.35. The number of hydrogen-bond acceptors (Lipinski definition) is 4. The summed E-state index contributed by atoms with van der Waals surface area (Å²) in [5.41, 5.74) is 3.18. The van der Waals surface area contributed by atoms with E-state index >= 15 is 0 Å². The van der Waals surface area contributed by atoms with E-state index in [2.05, 4.69) is 20.8 Å². The Balaban J connectivity index is 1.55. The van der Waals surface area contributed by atoms with Crippen molar-refractivity contribution in [3.63, 3.8) is 0 Å². The van der Waals surface area contributed by atoms with Crippen LogP contribution in [0.3, 0.4) is 0 Å². The molecule has 182 valence electrons. The van der Waals surface area contributed by atoms with Gasteiger partial charge in [0.2, 0.25) is 5.91 Å². The van der Waals surface area contributed by atoms with Crippen LogP contribution in [-0.4, -0.2) is 47.2 Å². The van der Waals surface area contributed by atoms with Gasteiger partial charge in [-0.3, -0.25) is 19.6 Å². The molecule has 0 saturated carbocycles. The Morgan fingerprint density at radius 3 is 2.28 bits per heavy atom. The van der Waals surface area contributed by atoms with Crippen molar-refractivity contribution in [3.8, 4) is 11.3 Å². The Morgan fingerprint density at radius 1 is 0.944 bits per heavy atom. The molecule has 1 saturated heterocycles. The van der Waals surface area contributed by atoms with Crippen molar-refractivity contribution in [2.24, 2.45) is 0 Å². The highest BCUT2D eigenvalue weighted by atomic mass is 16.2. The van der Waals surface area contributed by atoms with E-state index in [0.29, 0.717) is 17.8 Å². The fourth-order valence-corrected chi connectivity index (χ4v) is 4.54. The number of amides is 2. The van der Waals surface area contributed by atoms with E-state index in [9.17, 15) is 9.59 Å². The number of H-pyrrole nitrogens is 1. The van der Waals surface area contributed by atoms with Crippen LogP contribution in [0.2, 0.25) is 0 Å². The highest BCUT2D eigenvalue weighted by molar-refractivity contribution is 6.09. The Morgan fingerprint density at radius 2 is 1.61 bits per heavy atom. The van der Waals surface area contributed by atoms with Crippen LogP contribution in [0.4, 0.5) is 5.82 Å². The molecule has 7 heteroatoms. The minimum atomic E-state index is -0.785. The number of aromatic nitrogens is 2. The number of hydrogen-bond donors (Lipinski definition) is 3. The van der Waals surface area contributed by atoms with Crippen LogP contribution in [0.15, 0.2) is 97.1 Å². The maximum absolute atomic E-state index is 13.9. The second kappa shape index (κ2) is 11.0. The summed E-state index contributed by atoms with van der Waals surface area (Å²) in [5, 5.41) is 14.0. The first kappa shape index (κ1) is 23.5. The predicted octanol–water partition coefficient (Wildman–Crippen LogP) is 3.81. The molecule has 0 spiro atoms. The number of rotatable bonds is 8. The molecule has 2 amide bonds. The van der Waals surface area contributed by atoms with Crippen molar-refractivity contribution in [2.75, 3.05) is 18.0 Å². The second-order valence-corrected chi connectivity index (χ2v) is 8.95. The summed E-state index contributed by atoms with van der Waals surface area (Å²) in [6, 6.07) is 29.7. The van der Waals surface area contributed by atoms with E-state index in [0.717, 1.165) is 36.3 Å². The molecule has 3 aromatic carbocycles. The van der Waals surface area contributed by atoms with Crippen LogP contribution in [-0.2, 0) is 11.2 Å². The van der Waals surface area contributed by atoms with Crippen LogP contribution in [0, 0.1) is 0 Å². The number of benzene rings is 3. The van der Waals surface area contributed by atoms with Crippen LogP contribution in [0.25, 0.3) is 11.3 Å². The smallest absolute Gasteiger partial charge is 0.260 e. The summed E-state index contributed by atoms with van der Waals surface area (Å²) in [6.07, 6.45) is 1.22. The Labute approximate surface area is 210 Å². The molecule has 2 atom stereocenters. The van der Waals surface area contributed by atoms with Gasteiger partial charge in [-0.05, 0) is 36.2 Å². The van der Waals surface area contributed by atoms with Gasteiger partial charge >= 0.3 is 0 Å². The normalized spacial score (nSPS) is 15.8. The van der Waals surface area contributed by atoms with Gasteiger partial charge in [-0.25, -0.2) is 0 Å². The first-order valence-corrected chi connectivity index (χ1v) is 12.2. The molecule has 3 N–H and O–H groups in total. The van der Waals surface area contributed by atoms with E-state index in [-0.39, 0.29) is 17.9 Å². The topological polar surface area (TPSA) is 90.1 Å². The summed E-state index contributed by atoms with van der Waals surface area (Å²) in [6.45, 7) is 1.58. The molecule has 1 unspecified atom stereocenters. The Kier molecular flexibility index (Phi) is 7.19. The van der Waals surface area contributed by atoms with Crippen molar-refractivity contribution < 1.29 is 9.59 Å². The molecule has 1 fully saturated rings. The van der Waals surface area contributed by atoms with E-state index in [1.807, 2.05) is 84.9 Å². The number of nitrogens with zero attached hydrogens (tertiary/aromatic N) is 2. The standard InChI is InChI=1S/C29H29N5O2/c35-28(31-24-16-17-30-20-24)26(18-21-10-4-1-5-11-21)34(29(36)23-14-8-3-9-15-23)27-19-25(32-33-27)22-12-6-2-7-13-22/h1-15,19,24,26,30H,16-18,20H2,(H,31,35)(H,32,33)/t24?,26-/m0/s1. The molecule has 7 nitrogen and oxygen atoms in total. The number of anilines is 1. The van der Waals surface area contributed by atoms with Gasteiger partial charge in [0.25, 0.3) is 5.91 Å². The minimum absolute atomic E-state index is 0.0310. The lowest BCUT2D eigenvalue weighted by molar-refractivity contribution is -0.122. The van der Waals surface area contributed by atoms with Gasteiger partial charge in [0.15, 0.2) is 5.82 Å². The van der Waals surface area contributed by atoms with E-state index in [4.69, 9.17) is 0 Å². The van der Waals surface area contributed by atoms with Crippen LogP contribution < -0.4 is 15.5 Å². The zero-order valence-electron chi connectivity index (χ0n) is 19.9. The molecule has 2 heterocycles. The Hall–Kier alpha value is -4.23. The van der Waals surface area contributed by atoms with Gasteiger partial charge in [0.1, 0.15) is 6.04 Å². The lowest BCUT2D eigenvalue weighted by Gasteiger charge is -2.30. The maximum Gasteiger partial charge on any atom is 0.260 e. The van der Waals surface area contributed by atoms with Gasteiger partial charge in [-0.2, -0.15) is 5.10 Å². The van der Waals surface area contributed by atoms with Crippen LogP contribution in [0.5, 0.6) is 0 Å². The number of carbonyl (C=O) groups is 2. The monoisotopic (exact) mass is 479 g/mol. The fraction of sp³-hybridized carbons (Fsp3) is 0.207. The highest BCUT2D eigenvalue weighted by Crippen LogP contribution is 2.26. The third-order valence-corrected chi connectivity index (χ3v) is 6.43. The van der Waals surface area contributed by atoms with Gasteiger partial charge < -0.3 is 10.6 Å². The Bertz CT molecular complexity index is 1290. The molecular weight excluding hydrogens is 450 g/mol. The second-order valence-electron chi connectivity index (χ2n) is 8.95. The summed E-state index contributed by atoms with van der Waals surface area (Å²) < 4.78 is 0. The van der Waals surface area contributed by atoms with Gasteiger partial charge in [0.05, 0.1) is 5.69 Å². The first-order valence-electron chi connectivity index (χ1n) is 12.2. The summed E-state index contributed by atoms with van der Waals surface area (Å²) in [4.78, 5) is 29.2. The van der Waals surface area contributed by atoms with Gasteiger partial charge in [-0.1, -0.05) is 78.9 Å². The van der Waals surface area contributed by atoms with Crippen LogP contribution in [0.1, 0.15) is 22.3 Å². The van der Waals surface area contributed by atoms with Gasteiger partial charge in [-0.15, -0.1) is 0 Å². The zero-order chi connectivity index (χ0) is 24.7. The first-order chi connectivity index (χ1) is 17.7. The number of aromatic amines is 1. The van der Waals surface area contributed by atoms with E-state index < -0.39 is 6.04 Å². The average Bonchev–Trinajstić information content (AvgIpc) is 3.63. The van der Waals surface area contributed by atoms with E-state index in [1.165, 1.54) is 4.90 Å². The largest absolute Gasteiger partial charge is 0.350 e. The molecular formula is C29H29N5O2. The SMILES string of the molecule is O=C(NC1CCNC1)[C@H](Cc1ccccc1)N(C(=O)c1ccccc1)c1cc(-c2ccccc2)[nH]n1. The molecule has 36 heavy (non-hydrogen) atoms. The van der Waals surface area contributed by atoms with Gasteiger partial charge in [0, 0.05) is 30.6 Å². The molecule has 1 aromatic heterocycles. The molecule has 1 aliphatic heterocycles. The predicted molar refractivity (Wildman–Crippen MR) is 141 cm³/mol. The van der Waals surface area contributed by atoms with Crippen molar-refractivity contribution in [3.05, 3.63) is 108 Å². The third-order valence-electron chi connectivity index (χ3n) is 6.43. The fourth-order valence-electron chi connectivity index (χ4n) is 4.54. The summed E-state index contributed by atoms with van der Waals surface area (Å²) in [7, 11) is 0. The molecule has 5 rings (SSSR count). The van der Waals surface area contributed by atoms with Crippen molar-refractivity contribution in [2.45, 2.75) is 24.9 Å². The van der Waals surface area contributed by atoms with Crippen molar-refractivity contribution in [1.29, 1.82) is 0 Å². The van der Waals surface area contributed by atoms with E-state index in [1.54, 1.807) is 12.1 Å². The zero-order valence-corrected chi connectivity index (χ0v) is 19.9. The van der Waals surface area contributed by atoms with Crippen molar-refractivity contribution >= 4 is 17.6 Å². The lowest BCUT2D eigenvalue weighted by atomic mass is 10.0. The maximum atomic E-state index is 13.9. The molecule has 4 aromatic rings. The number of nitrogens with one attached hydrogen (secondary N) is 3. The minimum Gasteiger partial charge on any atom is -0.350 e. The van der Waals surface area contributed by atoms with Crippen LogP contribution >= 0.6 is 0 Å². The van der Waals surface area contributed by atoms with Crippen molar-refractivity contribution in [1.82, 2.24) is 20.8 Å². The molecule has 0 radical (unpaired) electrons. The quantitative estimate of drug-likeness (QED) is 0.359. The average molecular weight is 480 g/mol. The molecule has 1 aliphatic rings.